The summed E-state index contributed by atoms with van der Waals surface area (Å²) in [5.74, 6) is 0.00865. The SMILES string of the molecule is C[C@H](CNC(=O)c1ccc(S(=O)(=O)N2CCCCCC2)cc1)c1ccccc1. The summed E-state index contributed by atoms with van der Waals surface area (Å²) in [6.07, 6.45) is 3.96. The standard InChI is InChI=1S/C22H28N2O3S/c1-18(19-9-5-4-6-10-19)17-23-22(25)20-11-13-21(14-12-20)28(26,27)24-15-7-2-3-8-16-24/h4-6,9-14,18H,2-3,7-8,15-17H2,1H3,(H,23,25)/t18-/m1/s1. The molecule has 1 aliphatic rings. The second-order valence-electron chi connectivity index (χ2n) is 7.36. The summed E-state index contributed by atoms with van der Waals surface area (Å²) in [7, 11) is -3.49. The monoisotopic (exact) mass is 400 g/mol. The lowest BCUT2D eigenvalue weighted by Crippen LogP contribution is -2.32. The van der Waals surface area contributed by atoms with Crippen LogP contribution in [0.3, 0.4) is 0 Å². The van der Waals surface area contributed by atoms with Gasteiger partial charge in [0, 0.05) is 25.2 Å². The number of hydrogen-bond acceptors (Lipinski definition) is 3. The summed E-state index contributed by atoms with van der Waals surface area (Å²) >= 11 is 0. The first-order chi connectivity index (χ1) is 13.5. The molecule has 1 aliphatic heterocycles. The molecule has 2 aromatic rings. The first kappa shape index (κ1) is 20.6. The Kier molecular flexibility index (Phi) is 6.86. The van der Waals surface area contributed by atoms with Crippen LogP contribution in [0.2, 0.25) is 0 Å². The highest BCUT2D eigenvalue weighted by atomic mass is 32.2. The molecule has 1 saturated heterocycles. The summed E-state index contributed by atoms with van der Waals surface area (Å²) in [5.41, 5.74) is 1.64. The van der Waals surface area contributed by atoms with Crippen LogP contribution in [0.25, 0.3) is 0 Å². The average Bonchev–Trinajstić information content (AvgIpc) is 3.02. The van der Waals surface area contributed by atoms with Crippen molar-refractivity contribution in [3.63, 3.8) is 0 Å². The zero-order valence-corrected chi connectivity index (χ0v) is 17.1. The van der Waals surface area contributed by atoms with Gasteiger partial charge in [-0.05, 0) is 48.6 Å². The van der Waals surface area contributed by atoms with Gasteiger partial charge in [0.15, 0.2) is 0 Å². The number of hydrogen-bond donors (Lipinski definition) is 1. The molecule has 3 rings (SSSR count). The third kappa shape index (κ3) is 5.00. The van der Waals surface area contributed by atoms with Crippen LogP contribution in [-0.2, 0) is 10.0 Å². The lowest BCUT2D eigenvalue weighted by atomic mass is 10.0. The maximum atomic E-state index is 12.8. The molecule has 1 fully saturated rings. The molecule has 2 aromatic carbocycles. The Morgan fingerprint density at radius 1 is 0.964 bits per heavy atom. The van der Waals surface area contributed by atoms with Crippen LogP contribution in [0, 0.1) is 0 Å². The van der Waals surface area contributed by atoms with Crippen LogP contribution in [0.4, 0.5) is 0 Å². The molecule has 1 atom stereocenters. The zero-order valence-electron chi connectivity index (χ0n) is 16.3. The number of amides is 1. The predicted octanol–water partition coefficient (Wildman–Crippen LogP) is 3.78. The fraction of sp³-hybridized carbons (Fsp3) is 0.409. The lowest BCUT2D eigenvalue weighted by molar-refractivity contribution is 0.0951. The second kappa shape index (κ2) is 9.34. The van der Waals surface area contributed by atoms with E-state index in [0.29, 0.717) is 25.2 Å². The van der Waals surface area contributed by atoms with Crippen molar-refractivity contribution in [3.05, 3.63) is 65.7 Å². The van der Waals surface area contributed by atoms with Crippen molar-refractivity contribution >= 4 is 15.9 Å². The number of carbonyl (C=O) groups is 1. The summed E-state index contributed by atoms with van der Waals surface area (Å²) in [6.45, 7) is 3.73. The van der Waals surface area contributed by atoms with Crippen molar-refractivity contribution in [2.75, 3.05) is 19.6 Å². The van der Waals surface area contributed by atoms with E-state index in [-0.39, 0.29) is 16.7 Å². The quantitative estimate of drug-likeness (QED) is 0.802. The van der Waals surface area contributed by atoms with E-state index in [2.05, 4.69) is 12.2 Å². The Morgan fingerprint density at radius 2 is 1.57 bits per heavy atom. The molecule has 0 spiro atoms. The second-order valence-corrected chi connectivity index (χ2v) is 9.30. The van der Waals surface area contributed by atoms with Gasteiger partial charge in [0.2, 0.25) is 10.0 Å². The summed E-state index contributed by atoms with van der Waals surface area (Å²) in [4.78, 5) is 12.7. The minimum atomic E-state index is -3.49. The van der Waals surface area contributed by atoms with Gasteiger partial charge in [0.05, 0.1) is 4.90 Å². The van der Waals surface area contributed by atoms with Crippen molar-refractivity contribution in [2.24, 2.45) is 0 Å². The van der Waals surface area contributed by atoms with E-state index in [4.69, 9.17) is 0 Å². The molecule has 1 amide bonds. The number of rotatable bonds is 6. The average molecular weight is 401 g/mol. The predicted molar refractivity (Wildman–Crippen MR) is 111 cm³/mol. The Bertz CT molecular complexity index is 872. The number of nitrogens with zero attached hydrogens (tertiary/aromatic N) is 1. The molecule has 6 heteroatoms. The third-order valence-electron chi connectivity index (χ3n) is 5.26. The van der Waals surface area contributed by atoms with Crippen LogP contribution in [0.15, 0.2) is 59.5 Å². The highest BCUT2D eigenvalue weighted by Gasteiger charge is 2.25. The third-order valence-corrected chi connectivity index (χ3v) is 7.17. The van der Waals surface area contributed by atoms with Gasteiger partial charge in [0.25, 0.3) is 5.91 Å². The Balaban J connectivity index is 1.62. The molecule has 0 radical (unpaired) electrons. The molecule has 28 heavy (non-hydrogen) atoms. The minimum Gasteiger partial charge on any atom is -0.351 e. The van der Waals surface area contributed by atoms with E-state index in [9.17, 15) is 13.2 Å². The van der Waals surface area contributed by atoms with Gasteiger partial charge in [-0.15, -0.1) is 0 Å². The van der Waals surface area contributed by atoms with Gasteiger partial charge in [-0.1, -0.05) is 50.1 Å². The highest BCUT2D eigenvalue weighted by molar-refractivity contribution is 7.89. The first-order valence-electron chi connectivity index (χ1n) is 9.92. The molecule has 0 aromatic heterocycles. The van der Waals surface area contributed by atoms with Gasteiger partial charge in [0.1, 0.15) is 0 Å². The molecule has 0 saturated carbocycles. The van der Waals surface area contributed by atoms with E-state index < -0.39 is 10.0 Å². The highest BCUT2D eigenvalue weighted by Crippen LogP contribution is 2.21. The number of carbonyl (C=O) groups excluding carboxylic acids is 1. The molecule has 0 bridgehead atoms. The molecule has 0 unspecified atom stereocenters. The molecule has 1 N–H and O–H groups in total. The fourth-order valence-electron chi connectivity index (χ4n) is 3.46. The van der Waals surface area contributed by atoms with Gasteiger partial charge in [-0.25, -0.2) is 8.42 Å². The van der Waals surface area contributed by atoms with E-state index in [1.165, 1.54) is 17.7 Å². The van der Waals surface area contributed by atoms with E-state index in [0.717, 1.165) is 25.7 Å². The number of sulfonamides is 1. The van der Waals surface area contributed by atoms with Crippen LogP contribution < -0.4 is 5.32 Å². The van der Waals surface area contributed by atoms with Crippen molar-refractivity contribution in [2.45, 2.75) is 43.4 Å². The summed E-state index contributed by atoms with van der Waals surface area (Å²) < 4.78 is 27.2. The van der Waals surface area contributed by atoms with Gasteiger partial charge >= 0.3 is 0 Å². The molecule has 0 aliphatic carbocycles. The Hall–Kier alpha value is -2.18. The maximum Gasteiger partial charge on any atom is 0.251 e. The van der Waals surface area contributed by atoms with E-state index in [1.807, 2.05) is 30.3 Å². The van der Waals surface area contributed by atoms with Crippen LogP contribution in [-0.4, -0.2) is 38.3 Å². The molecule has 5 nitrogen and oxygen atoms in total. The molecule has 150 valence electrons. The topological polar surface area (TPSA) is 66.5 Å². The van der Waals surface area contributed by atoms with E-state index in [1.54, 1.807) is 16.4 Å². The molecule has 1 heterocycles. The maximum absolute atomic E-state index is 12.8. The largest absolute Gasteiger partial charge is 0.351 e. The van der Waals surface area contributed by atoms with Gasteiger partial charge < -0.3 is 5.32 Å². The molecular weight excluding hydrogens is 372 g/mol. The van der Waals surface area contributed by atoms with Crippen molar-refractivity contribution in [1.82, 2.24) is 9.62 Å². The van der Waals surface area contributed by atoms with E-state index >= 15 is 0 Å². The Morgan fingerprint density at radius 3 is 2.18 bits per heavy atom. The van der Waals surface area contributed by atoms with Crippen molar-refractivity contribution < 1.29 is 13.2 Å². The number of benzene rings is 2. The van der Waals surface area contributed by atoms with Crippen LogP contribution in [0.5, 0.6) is 0 Å². The first-order valence-corrected chi connectivity index (χ1v) is 11.4. The Labute approximate surface area is 167 Å². The normalized spacial score (nSPS) is 16.9. The lowest BCUT2D eigenvalue weighted by Gasteiger charge is -2.20. The summed E-state index contributed by atoms with van der Waals surface area (Å²) in [5, 5.41) is 2.93. The zero-order chi connectivity index (χ0) is 20.0. The summed E-state index contributed by atoms with van der Waals surface area (Å²) in [6, 6.07) is 16.3. The minimum absolute atomic E-state index is 0.193. The van der Waals surface area contributed by atoms with Crippen molar-refractivity contribution in [1.29, 1.82) is 0 Å². The van der Waals surface area contributed by atoms with Crippen molar-refractivity contribution in [3.8, 4) is 0 Å². The van der Waals surface area contributed by atoms with Gasteiger partial charge in [-0.3, -0.25) is 4.79 Å². The fourth-order valence-corrected chi connectivity index (χ4v) is 4.97. The smallest absolute Gasteiger partial charge is 0.251 e. The molecular formula is C22H28N2O3S. The van der Waals surface area contributed by atoms with Crippen LogP contribution in [0.1, 0.15) is 54.4 Å². The number of nitrogens with one attached hydrogen (secondary N) is 1. The van der Waals surface area contributed by atoms with Gasteiger partial charge in [-0.2, -0.15) is 4.31 Å². The van der Waals surface area contributed by atoms with Crippen LogP contribution >= 0.6 is 0 Å².